The minimum atomic E-state index is -0.991. The van der Waals surface area contributed by atoms with Crippen molar-refractivity contribution in [2.45, 2.75) is 26.8 Å². The van der Waals surface area contributed by atoms with Gasteiger partial charge in [0.1, 0.15) is 18.2 Å². The first-order valence-corrected chi connectivity index (χ1v) is 8.35. The summed E-state index contributed by atoms with van der Waals surface area (Å²) in [6, 6.07) is 5.70. The van der Waals surface area contributed by atoms with E-state index in [2.05, 4.69) is 21.0 Å². The second kappa shape index (κ2) is 9.36. The fourth-order valence-electron chi connectivity index (χ4n) is 2.49. The highest BCUT2D eigenvalue weighted by atomic mass is 16.5. The van der Waals surface area contributed by atoms with Crippen molar-refractivity contribution in [2.75, 3.05) is 27.2 Å². The highest BCUT2D eigenvalue weighted by Crippen LogP contribution is 2.25. The first-order valence-electron chi connectivity index (χ1n) is 8.35. The molecule has 0 heterocycles. The Bertz CT molecular complexity index is 588. The average molecular weight is 352 g/mol. The van der Waals surface area contributed by atoms with Crippen LogP contribution in [0.15, 0.2) is 18.2 Å². The number of hydrogen-bond acceptors (Lipinski definition) is 5. The van der Waals surface area contributed by atoms with E-state index in [0.717, 1.165) is 34.4 Å². The van der Waals surface area contributed by atoms with Gasteiger partial charge in [-0.2, -0.15) is 0 Å². The van der Waals surface area contributed by atoms with Crippen LogP contribution in [-0.4, -0.2) is 43.5 Å². The number of carbonyl (C=O) groups excluding carboxylic acids is 2. The lowest BCUT2D eigenvalue weighted by atomic mass is 9.96. The van der Waals surface area contributed by atoms with E-state index in [-0.39, 0.29) is 6.42 Å². The van der Waals surface area contributed by atoms with Gasteiger partial charge in [0.05, 0.1) is 27.2 Å². The van der Waals surface area contributed by atoms with Gasteiger partial charge in [0.25, 0.3) is 0 Å². The number of hydrogen-bond donors (Lipinski definition) is 4. The second-order valence-corrected chi connectivity index (χ2v) is 6.56. The lowest BCUT2D eigenvalue weighted by molar-refractivity contribution is -0.901. The van der Waals surface area contributed by atoms with Crippen LogP contribution < -0.4 is 27.3 Å². The van der Waals surface area contributed by atoms with Crippen LogP contribution >= 0.6 is 0 Å². The first-order chi connectivity index (χ1) is 11.8. The van der Waals surface area contributed by atoms with Crippen molar-refractivity contribution in [3.8, 4) is 5.75 Å². The largest absolute Gasteiger partial charge is 0.493 e. The zero-order valence-corrected chi connectivity index (χ0v) is 15.5. The Hall–Kier alpha value is -2.16. The molecule has 1 rings (SSSR count). The van der Waals surface area contributed by atoms with Gasteiger partial charge < -0.3 is 9.22 Å². The Morgan fingerprint density at radius 2 is 1.76 bits per heavy atom. The van der Waals surface area contributed by atoms with Gasteiger partial charge in [-0.25, -0.2) is 11.7 Å². The van der Waals surface area contributed by atoms with Crippen LogP contribution in [0.2, 0.25) is 0 Å². The molecule has 0 unspecified atom stereocenters. The van der Waals surface area contributed by atoms with E-state index in [9.17, 15) is 9.59 Å². The first kappa shape index (κ1) is 20.9. The highest BCUT2D eigenvalue weighted by Gasteiger charge is 2.26. The molecule has 8 heteroatoms. The van der Waals surface area contributed by atoms with Crippen LogP contribution in [0.1, 0.15) is 25.0 Å². The molecule has 0 aliphatic heterocycles. The number of nitrogens with two attached hydrogens (primary N) is 2. The smallest absolute Gasteiger partial charge is 0.246 e. The normalized spacial score (nSPS) is 11.3. The van der Waals surface area contributed by atoms with Crippen molar-refractivity contribution in [1.82, 2.24) is 10.9 Å². The maximum Gasteiger partial charge on any atom is 0.246 e. The Balaban J connectivity index is 3.15. The number of rotatable bonds is 9. The number of nitrogens with zero attached hydrogens (tertiary/aromatic N) is 1. The molecule has 1 aromatic rings. The molecule has 140 valence electrons. The van der Waals surface area contributed by atoms with Crippen LogP contribution in [0.25, 0.3) is 0 Å². The van der Waals surface area contributed by atoms with E-state index in [1.165, 1.54) is 0 Å². The summed E-state index contributed by atoms with van der Waals surface area (Å²) in [6.45, 7) is 6.36. The van der Waals surface area contributed by atoms with Gasteiger partial charge in [0.15, 0.2) is 0 Å². The maximum atomic E-state index is 11.9. The predicted octanol–water partition coefficient (Wildman–Crippen LogP) is -0.180. The quantitative estimate of drug-likeness (QED) is 0.162. The average Bonchev–Trinajstić information content (AvgIpc) is 2.60. The third kappa shape index (κ3) is 6.00. The molecule has 1 aromatic carbocycles. The lowest BCUT2D eigenvalue weighted by Gasteiger charge is -2.29. The van der Waals surface area contributed by atoms with Crippen LogP contribution in [-0.2, 0) is 22.6 Å². The number of quaternary nitrogens is 1. The number of ether oxygens (including phenoxy) is 1. The lowest BCUT2D eigenvalue weighted by Crippen LogP contribution is -2.46. The number of carbonyl (C=O) groups is 2. The standard InChI is InChI=1S/C17H29N5O3/c1-5-22(3,4)11-13-9-12(7-8-15(13)25-6-2)10-14(16(23)20-18)17(24)21-19/h7-9,14H,5-6,10-11,18-19H2,1-4H3,(H-,20,21,23,24)/p+1. The summed E-state index contributed by atoms with van der Waals surface area (Å²) >= 11 is 0. The van der Waals surface area contributed by atoms with Crippen molar-refractivity contribution in [2.24, 2.45) is 17.6 Å². The van der Waals surface area contributed by atoms with Gasteiger partial charge in [-0.15, -0.1) is 0 Å². The molecule has 0 aliphatic rings. The number of hydrazine groups is 2. The fourth-order valence-corrected chi connectivity index (χ4v) is 2.49. The molecule has 0 fully saturated rings. The molecule has 25 heavy (non-hydrogen) atoms. The second-order valence-electron chi connectivity index (χ2n) is 6.56. The van der Waals surface area contributed by atoms with Crippen molar-refractivity contribution < 1.29 is 18.8 Å². The maximum absolute atomic E-state index is 11.9. The van der Waals surface area contributed by atoms with Gasteiger partial charge in [-0.05, 0) is 38.0 Å². The highest BCUT2D eigenvalue weighted by molar-refractivity contribution is 6.00. The van der Waals surface area contributed by atoms with Gasteiger partial charge in [0.2, 0.25) is 11.8 Å². The molecule has 0 atom stereocenters. The van der Waals surface area contributed by atoms with E-state index in [1.807, 2.05) is 36.0 Å². The topological polar surface area (TPSA) is 119 Å². The Labute approximate surface area is 149 Å². The fraction of sp³-hybridized carbons (Fsp3) is 0.529. The van der Waals surface area contributed by atoms with Gasteiger partial charge in [-0.1, -0.05) is 6.07 Å². The van der Waals surface area contributed by atoms with E-state index in [0.29, 0.717) is 6.61 Å². The van der Waals surface area contributed by atoms with Crippen LogP contribution in [0, 0.1) is 5.92 Å². The summed E-state index contributed by atoms with van der Waals surface area (Å²) in [4.78, 5) is 23.7. The van der Waals surface area contributed by atoms with Crippen molar-refractivity contribution in [3.05, 3.63) is 29.3 Å². The van der Waals surface area contributed by atoms with Gasteiger partial charge in [-0.3, -0.25) is 20.4 Å². The Kier molecular flexibility index (Phi) is 7.82. The summed E-state index contributed by atoms with van der Waals surface area (Å²) in [6.07, 6.45) is 0.199. The molecule has 0 aromatic heterocycles. The van der Waals surface area contributed by atoms with Crippen LogP contribution in [0.4, 0.5) is 0 Å². The molecular weight excluding hydrogens is 322 g/mol. The SMILES string of the molecule is CCOc1ccc(CC(C(=O)NN)C(=O)NN)cc1C[N+](C)(C)CC. The zero-order chi connectivity index (χ0) is 19.0. The molecule has 2 amide bonds. The molecule has 0 saturated carbocycles. The van der Waals surface area contributed by atoms with Gasteiger partial charge >= 0.3 is 0 Å². The summed E-state index contributed by atoms with van der Waals surface area (Å²) in [7, 11) is 4.27. The summed E-state index contributed by atoms with van der Waals surface area (Å²) < 4.78 is 6.51. The van der Waals surface area contributed by atoms with Crippen molar-refractivity contribution >= 4 is 11.8 Å². The molecule has 0 aliphatic carbocycles. The van der Waals surface area contributed by atoms with Crippen LogP contribution in [0.5, 0.6) is 5.75 Å². The van der Waals surface area contributed by atoms with Gasteiger partial charge in [0, 0.05) is 5.56 Å². The van der Waals surface area contributed by atoms with E-state index >= 15 is 0 Å². The minimum absolute atomic E-state index is 0.199. The Morgan fingerprint density at radius 3 is 2.24 bits per heavy atom. The monoisotopic (exact) mass is 352 g/mol. The molecule has 0 bridgehead atoms. The summed E-state index contributed by atoms with van der Waals surface area (Å²) in [5.41, 5.74) is 5.90. The third-order valence-electron chi connectivity index (χ3n) is 4.24. The van der Waals surface area contributed by atoms with E-state index < -0.39 is 17.7 Å². The number of benzene rings is 1. The van der Waals surface area contributed by atoms with Crippen molar-refractivity contribution in [1.29, 1.82) is 0 Å². The molecule has 6 N–H and O–H groups in total. The van der Waals surface area contributed by atoms with Crippen LogP contribution in [0.3, 0.4) is 0 Å². The molecule has 0 saturated heterocycles. The summed E-state index contributed by atoms with van der Waals surface area (Å²) in [5, 5.41) is 0. The van der Waals surface area contributed by atoms with E-state index in [4.69, 9.17) is 16.4 Å². The molecule has 0 spiro atoms. The molecule has 8 nitrogen and oxygen atoms in total. The predicted molar refractivity (Wildman–Crippen MR) is 95.8 cm³/mol. The third-order valence-corrected chi connectivity index (χ3v) is 4.24. The number of nitrogens with one attached hydrogen (secondary N) is 2. The zero-order valence-electron chi connectivity index (χ0n) is 15.5. The summed E-state index contributed by atoms with van der Waals surface area (Å²) in [5.74, 6) is 9.00. The van der Waals surface area contributed by atoms with Crippen molar-refractivity contribution in [3.63, 3.8) is 0 Å². The Morgan fingerprint density at radius 1 is 1.16 bits per heavy atom. The molecular formula is C17H30N5O3+. The van der Waals surface area contributed by atoms with E-state index in [1.54, 1.807) is 0 Å². The number of amides is 2. The molecule has 0 radical (unpaired) electrons. The minimum Gasteiger partial charge on any atom is -0.493 e.